The number of hydrogen-bond donors (Lipinski definition) is 1. The number of nitriles is 1. The molecule has 0 fully saturated rings. The van der Waals surface area contributed by atoms with Gasteiger partial charge < -0.3 is 5.11 Å². The fraction of sp³-hybridized carbons (Fsp3) is 0.188. The molecule has 0 aromatic heterocycles. The first-order valence-electron chi connectivity index (χ1n) is 6.04. The van der Waals surface area contributed by atoms with Crippen LogP contribution >= 0.6 is 0 Å². The largest absolute Gasteiger partial charge is 0.392 e. The quantitative estimate of drug-likeness (QED) is 0.825. The number of aliphatic hydroxyl groups is 1. The Morgan fingerprint density at radius 3 is 2.56 bits per heavy atom. The average molecular weight is 235 g/mol. The highest BCUT2D eigenvalue weighted by molar-refractivity contribution is 5.80. The third-order valence-corrected chi connectivity index (χ3v) is 3.59. The van der Waals surface area contributed by atoms with E-state index >= 15 is 0 Å². The van der Waals surface area contributed by atoms with Crippen LogP contribution in [0.5, 0.6) is 0 Å². The lowest BCUT2D eigenvalue weighted by Crippen LogP contribution is -2.13. The zero-order valence-electron chi connectivity index (χ0n) is 10.1. The second kappa shape index (κ2) is 3.97. The maximum atomic E-state index is 10.0. The Morgan fingerprint density at radius 2 is 1.83 bits per heavy atom. The van der Waals surface area contributed by atoms with E-state index < -0.39 is 6.10 Å². The van der Waals surface area contributed by atoms with Crippen molar-refractivity contribution in [2.45, 2.75) is 18.9 Å². The molecule has 0 amide bonds. The van der Waals surface area contributed by atoms with Gasteiger partial charge in [-0.1, -0.05) is 30.3 Å². The second-order valence-corrected chi connectivity index (χ2v) is 4.72. The first kappa shape index (κ1) is 11.0. The number of hydrogen-bond acceptors (Lipinski definition) is 2. The molecule has 0 saturated heterocycles. The molecule has 2 heteroatoms. The summed E-state index contributed by atoms with van der Waals surface area (Å²) in [4.78, 5) is 0. The Labute approximate surface area is 106 Å². The highest BCUT2D eigenvalue weighted by Crippen LogP contribution is 2.46. The lowest BCUT2D eigenvalue weighted by molar-refractivity contribution is 0.178. The van der Waals surface area contributed by atoms with Gasteiger partial charge in [-0.25, -0.2) is 0 Å². The normalized spacial score (nSPS) is 17.7. The SMILES string of the molecule is CC(O)C1c2ccccc2-c2cc(C#N)ccc21. The molecule has 0 heterocycles. The van der Waals surface area contributed by atoms with Gasteiger partial charge in [-0.2, -0.15) is 5.26 Å². The summed E-state index contributed by atoms with van der Waals surface area (Å²) in [5.74, 6) is 0.0175. The fourth-order valence-electron chi connectivity index (χ4n) is 2.83. The first-order valence-corrected chi connectivity index (χ1v) is 6.04. The predicted molar refractivity (Wildman–Crippen MR) is 70.1 cm³/mol. The summed E-state index contributed by atoms with van der Waals surface area (Å²) in [6.07, 6.45) is -0.430. The zero-order chi connectivity index (χ0) is 12.7. The summed E-state index contributed by atoms with van der Waals surface area (Å²) < 4.78 is 0. The van der Waals surface area contributed by atoms with E-state index in [1.54, 1.807) is 0 Å². The van der Waals surface area contributed by atoms with Gasteiger partial charge in [-0.15, -0.1) is 0 Å². The van der Waals surface area contributed by atoms with Crippen LogP contribution in [0.25, 0.3) is 11.1 Å². The second-order valence-electron chi connectivity index (χ2n) is 4.72. The number of fused-ring (bicyclic) bond motifs is 3. The van der Waals surface area contributed by atoms with E-state index in [9.17, 15) is 5.11 Å². The highest BCUT2D eigenvalue weighted by atomic mass is 16.3. The van der Waals surface area contributed by atoms with Gasteiger partial charge in [0, 0.05) is 5.92 Å². The smallest absolute Gasteiger partial charge is 0.0991 e. The van der Waals surface area contributed by atoms with Gasteiger partial charge in [-0.3, -0.25) is 0 Å². The molecule has 2 aromatic rings. The molecule has 0 spiro atoms. The Kier molecular flexibility index (Phi) is 2.43. The van der Waals surface area contributed by atoms with Crippen molar-refractivity contribution in [1.82, 2.24) is 0 Å². The number of benzene rings is 2. The highest BCUT2D eigenvalue weighted by Gasteiger charge is 2.31. The van der Waals surface area contributed by atoms with Gasteiger partial charge in [0.1, 0.15) is 0 Å². The van der Waals surface area contributed by atoms with Gasteiger partial charge >= 0.3 is 0 Å². The molecule has 3 rings (SSSR count). The minimum Gasteiger partial charge on any atom is -0.392 e. The van der Waals surface area contributed by atoms with Gasteiger partial charge in [0.15, 0.2) is 0 Å². The number of nitrogens with zero attached hydrogens (tertiary/aromatic N) is 1. The maximum Gasteiger partial charge on any atom is 0.0991 e. The van der Waals surface area contributed by atoms with Crippen molar-refractivity contribution in [1.29, 1.82) is 5.26 Å². The van der Waals surface area contributed by atoms with Crippen molar-refractivity contribution in [3.8, 4) is 17.2 Å². The number of aliphatic hydroxyl groups excluding tert-OH is 1. The van der Waals surface area contributed by atoms with Crippen LogP contribution in [0.2, 0.25) is 0 Å². The van der Waals surface area contributed by atoms with Crippen molar-refractivity contribution in [2.24, 2.45) is 0 Å². The standard InChI is InChI=1S/C16H13NO/c1-10(18)16-13-5-3-2-4-12(13)15-8-11(9-17)6-7-14(15)16/h2-8,10,16,18H,1H3. The molecule has 2 nitrogen and oxygen atoms in total. The Hall–Kier alpha value is -2.11. The Bertz CT molecular complexity index is 652. The van der Waals surface area contributed by atoms with E-state index in [1.165, 1.54) is 0 Å². The van der Waals surface area contributed by atoms with Crippen molar-refractivity contribution in [2.75, 3.05) is 0 Å². The van der Waals surface area contributed by atoms with Crippen LogP contribution < -0.4 is 0 Å². The summed E-state index contributed by atoms with van der Waals surface area (Å²) >= 11 is 0. The van der Waals surface area contributed by atoms with Crippen LogP contribution in [-0.4, -0.2) is 11.2 Å². The molecule has 1 aliphatic carbocycles. The monoisotopic (exact) mass is 235 g/mol. The van der Waals surface area contributed by atoms with E-state index in [2.05, 4.69) is 18.2 Å². The van der Waals surface area contributed by atoms with E-state index in [0.717, 1.165) is 22.3 Å². The van der Waals surface area contributed by atoms with E-state index in [4.69, 9.17) is 5.26 Å². The molecule has 2 atom stereocenters. The summed E-state index contributed by atoms with van der Waals surface area (Å²) in [6, 6.07) is 16.0. The molecule has 18 heavy (non-hydrogen) atoms. The molecular formula is C16H13NO. The lowest BCUT2D eigenvalue weighted by atomic mass is 9.92. The summed E-state index contributed by atoms with van der Waals surface area (Å²) in [7, 11) is 0. The van der Waals surface area contributed by atoms with Crippen molar-refractivity contribution < 1.29 is 5.11 Å². The topological polar surface area (TPSA) is 44.0 Å². The summed E-state index contributed by atoms with van der Waals surface area (Å²) in [5.41, 5.74) is 5.14. The maximum absolute atomic E-state index is 10.0. The molecule has 1 aliphatic rings. The average Bonchev–Trinajstić information content (AvgIpc) is 2.72. The molecule has 1 N–H and O–H groups in total. The third-order valence-electron chi connectivity index (χ3n) is 3.59. The van der Waals surface area contributed by atoms with Crippen LogP contribution in [0.1, 0.15) is 29.5 Å². The molecular weight excluding hydrogens is 222 g/mol. The molecule has 2 aromatic carbocycles. The van der Waals surface area contributed by atoms with Crippen molar-refractivity contribution in [3.05, 3.63) is 59.2 Å². The van der Waals surface area contributed by atoms with E-state index in [-0.39, 0.29) is 5.92 Å². The van der Waals surface area contributed by atoms with Gasteiger partial charge in [0.25, 0.3) is 0 Å². The molecule has 88 valence electrons. The van der Waals surface area contributed by atoms with Gasteiger partial charge in [-0.05, 0) is 41.3 Å². The van der Waals surface area contributed by atoms with Crippen molar-refractivity contribution >= 4 is 0 Å². The fourth-order valence-corrected chi connectivity index (χ4v) is 2.83. The number of rotatable bonds is 1. The summed E-state index contributed by atoms with van der Waals surface area (Å²) in [6.45, 7) is 1.81. The minimum atomic E-state index is -0.430. The Balaban J connectivity index is 2.29. The zero-order valence-corrected chi connectivity index (χ0v) is 10.1. The molecule has 0 radical (unpaired) electrons. The van der Waals surface area contributed by atoms with Crippen LogP contribution in [0, 0.1) is 11.3 Å². The minimum absolute atomic E-state index is 0.0175. The first-order chi connectivity index (χ1) is 8.72. The third kappa shape index (κ3) is 1.45. The van der Waals surface area contributed by atoms with Crippen LogP contribution in [0.3, 0.4) is 0 Å². The van der Waals surface area contributed by atoms with Crippen LogP contribution in [-0.2, 0) is 0 Å². The van der Waals surface area contributed by atoms with E-state index in [1.807, 2.05) is 37.3 Å². The predicted octanol–water partition coefficient (Wildman–Crippen LogP) is 3.05. The van der Waals surface area contributed by atoms with Gasteiger partial charge in [0.2, 0.25) is 0 Å². The molecule has 2 unspecified atom stereocenters. The van der Waals surface area contributed by atoms with Gasteiger partial charge in [0.05, 0.1) is 17.7 Å². The van der Waals surface area contributed by atoms with Crippen molar-refractivity contribution in [3.63, 3.8) is 0 Å². The van der Waals surface area contributed by atoms with Crippen LogP contribution in [0.4, 0.5) is 0 Å². The summed E-state index contributed by atoms with van der Waals surface area (Å²) in [5, 5.41) is 19.0. The van der Waals surface area contributed by atoms with E-state index in [0.29, 0.717) is 5.56 Å². The Morgan fingerprint density at radius 1 is 1.11 bits per heavy atom. The lowest BCUT2D eigenvalue weighted by Gasteiger charge is -2.16. The molecule has 0 aliphatic heterocycles. The molecule has 0 saturated carbocycles. The molecule has 0 bridgehead atoms. The van der Waals surface area contributed by atoms with Crippen LogP contribution in [0.15, 0.2) is 42.5 Å².